The molecule has 0 spiro atoms. The lowest BCUT2D eigenvalue weighted by Gasteiger charge is -2.43. The molecule has 4 heterocycles. The first-order chi connectivity index (χ1) is 17.2. The molecular formula is C28H48N6O. The number of hydrogen-bond donors (Lipinski definition) is 1. The van der Waals surface area contributed by atoms with Gasteiger partial charge in [-0.15, -0.1) is 0 Å². The van der Waals surface area contributed by atoms with Crippen LogP contribution in [0.15, 0.2) is 12.3 Å². The number of nitrogens with zero attached hydrogens (tertiary/aromatic N) is 5. The van der Waals surface area contributed by atoms with Crippen molar-refractivity contribution in [3.8, 4) is 0 Å². The standard InChI is InChI=1S/C28H48N6O/c1-3-5-12-23(4-2)27(35)34-20-11-14-25(22-34)33-19-10-13-24(21-33)30-28-29-16-15-26(31-28)32-17-8-6-7-9-18-32/h15-16,23-25H,3-14,17-22H2,1-2H3,(H,29,30,31). The van der Waals surface area contributed by atoms with Crippen molar-refractivity contribution in [2.75, 3.05) is 49.5 Å². The first kappa shape index (κ1) is 26.2. The van der Waals surface area contributed by atoms with Crippen molar-refractivity contribution in [1.29, 1.82) is 0 Å². The van der Waals surface area contributed by atoms with Crippen LogP contribution in [-0.4, -0.2) is 77.0 Å². The maximum atomic E-state index is 13.2. The van der Waals surface area contributed by atoms with Gasteiger partial charge in [-0.2, -0.15) is 4.98 Å². The van der Waals surface area contributed by atoms with Crippen LogP contribution in [0, 0.1) is 5.92 Å². The van der Waals surface area contributed by atoms with Crippen LogP contribution in [0.25, 0.3) is 0 Å². The number of likely N-dealkylation sites (tertiary alicyclic amines) is 2. The Hall–Kier alpha value is -1.89. The highest BCUT2D eigenvalue weighted by atomic mass is 16.2. The third-order valence-corrected chi connectivity index (χ3v) is 8.33. The van der Waals surface area contributed by atoms with Gasteiger partial charge in [-0.05, 0) is 64.0 Å². The van der Waals surface area contributed by atoms with Crippen molar-refractivity contribution in [1.82, 2.24) is 19.8 Å². The average molecular weight is 485 g/mol. The quantitative estimate of drug-likeness (QED) is 0.536. The molecule has 3 fully saturated rings. The van der Waals surface area contributed by atoms with Crippen LogP contribution in [0.5, 0.6) is 0 Å². The van der Waals surface area contributed by atoms with Crippen LogP contribution in [0.3, 0.4) is 0 Å². The topological polar surface area (TPSA) is 64.6 Å². The third kappa shape index (κ3) is 7.31. The molecule has 0 aromatic carbocycles. The van der Waals surface area contributed by atoms with Gasteiger partial charge in [0.1, 0.15) is 5.82 Å². The summed E-state index contributed by atoms with van der Waals surface area (Å²) in [5.41, 5.74) is 0. The molecule has 1 N–H and O–H groups in total. The van der Waals surface area contributed by atoms with Crippen LogP contribution in [0.1, 0.15) is 90.9 Å². The van der Waals surface area contributed by atoms with Gasteiger partial charge in [0.2, 0.25) is 11.9 Å². The monoisotopic (exact) mass is 484 g/mol. The third-order valence-electron chi connectivity index (χ3n) is 8.33. The molecule has 35 heavy (non-hydrogen) atoms. The Bertz CT molecular complexity index is 780. The summed E-state index contributed by atoms with van der Waals surface area (Å²) >= 11 is 0. The Morgan fingerprint density at radius 2 is 1.83 bits per heavy atom. The number of rotatable bonds is 9. The fourth-order valence-corrected chi connectivity index (χ4v) is 6.20. The second-order valence-electron chi connectivity index (χ2n) is 10.9. The van der Waals surface area contributed by atoms with E-state index in [9.17, 15) is 4.79 Å². The molecule has 7 nitrogen and oxygen atoms in total. The summed E-state index contributed by atoms with van der Waals surface area (Å²) in [5, 5.41) is 3.66. The zero-order chi connectivity index (χ0) is 24.5. The van der Waals surface area contributed by atoms with E-state index in [0.29, 0.717) is 18.0 Å². The van der Waals surface area contributed by atoms with E-state index in [-0.39, 0.29) is 5.92 Å². The van der Waals surface area contributed by atoms with Crippen molar-refractivity contribution in [3.05, 3.63) is 12.3 Å². The Morgan fingerprint density at radius 3 is 2.60 bits per heavy atom. The molecule has 0 bridgehead atoms. The number of anilines is 2. The summed E-state index contributed by atoms with van der Waals surface area (Å²) in [6, 6.07) is 2.90. The highest BCUT2D eigenvalue weighted by Gasteiger charge is 2.33. The Labute approximate surface area is 213 Å². The van der Waals surface area contributed by atoms with Crippen molar-refractivity contribution < 1.29 is 4.79 Å². The maximum absolute atomic E-state index is 13.2. The summed E-state index contributed by atoms with van der Waals surface area (Å²) in [5.74, 6) is 2.43. The predicted octanol–water partition coefficient (Wildman–Crippen LogP) is 4.94. The molecule has 196 valence electrons. The summed E-state index contributed by atoms with van der Waals surface area (Å²) in [7, 11) is 0. The molecule has 0 radical (unpaired) electrons. The van der Waals surface area contributed by atoms with E-state index in [2.05, 4.69) is 44.9 Å². The second-order valence-corrected chi connectivity index (χ2v) is 10.9. The molecule has 1 aromatic heterocycles. The molecular weight excluding hydrogens is 436 g/mol. The van der Waals surface area contributed by atoms with Gasteiger partial charge in [-0.3, -0.25) is 9.69 Å². The van der Waals surface area contributed by atoms with Gasteiger partial charge in [0.05, 0.1) is 0 Å². The summed E-state index contributed by atoms with van der Waals surface area (Å²) in [6.07, 6.45) is 16.0. The number of piperidine rings is 2. The summed E-state index contributed by atoms with van der Waals surface area (Å²) in [6.45, 7) is 10.6. The number of unbranched alkanes of at least 4 members (excludes halogenated alkanes) is 1. The minimum atomic E-state index is 0.207. The Kier molecular flexibility index (Phi) is 10.0. The number of amides is 1. The van der Waals surface area contributed by atoms with E-state index in [1.807, 2.05) is 6.20 Å². The van der Waals surface area contributed by atoms with Crippen LogP contribution >= 0.6 is 0 Å². The van der Waals surface area contributed by atoms with E-state index in [0.717, 1.165) is 83.1 Å². The van der Waals surface area contributed by atoms with Crippen LogP contribution in [-0.2, 0) is 4.79 Å². The summed E-state index contributed by atoms with van der Waals surface area (Å²) < 4.78 is 0. The van der Waals surface area contributed by atoms with Crippen LogP contribution < -0.4 is 10.2 Å². The molecule has 1 amide bonds. The van der Waals surface area contributed by atoms with Crippen LogP contribution in [0.2, 0.25) is 0 Å². The van der Waals surface area contributed by atoms with E-state index >= 15 is 0 Å². The van der Waals surface area contributed by atoms with E-state index in [4.69, 9.17) is 4.98 Å². The van der Waals surface area contributed by atoms with E-state index in [1.165, 1.54) is 44.9 Å². The maximum Gasteiger partial charge on any atom is 0.225 e. The van der Waals surface area contributed by atoms with Gasteiger partial charge >= 0.3 is 0 Å². The lowest BCUT2D eigenvalue weighted by Crippen LogP contribution is -2.55. The lowest BCUT2D eigenvalue weighted by atomic mass is 9.94. The van der Waals surface area contributed by atoms with Crippen molar-refractivity contribution in [3.63, 3.8) is 0 Å². The van der Waals surface area contributed by atoms with Gasteiger partial charge in [0, 0.05) is 56.9 Å². The molecule has 3 aliphatic heterocycles. The molecule has 7 heteroatoms. The minimum Gasteiger partial charge on any atom is -0.356 e. The molecule has 3 unspecified atom stereocenters. The highest BCUT2D eigenvalue weighted by Crippen LogP contribution is 2.25. The fourth-order valence-electron chi connectivity index (χ4n) is 6.20. The Balaban J connectivity index is 1.32. The first-order valence-electron chi connectivity index (χ1n) is 14.5. The molecule has 0 aliphatic carbocycles. The normalized spacial score (nSPS) is 25.2. The van der Waals surface area contributed by atoms with Gasteiger partial charge in [0.25, 0.3) is 0 Å². The molecule has 1 aromatic rings. The zero-order valence-electron chi connectivity index (χ0n) is 22.3. The smallest absolute Gasteiger partial charge is 0.225 e. The molecule has 3 saturated heterocycles. The largest absolute Gasteiger partial charge is 0.356 e. The number of carbonyl (C=O) groups is 1. The zero-order valence-corrected chi connectivity index (χ0v) is 22.3. The molecule has 3 atom stereocenters. The van der Waals surface area contributed by atoms with E-state index in [1.54, 1.807) is 0 Å². The molecule has 4 rings (SSSR count). The first-order valence-corrected chi connectivity index (χ1v) is 14.5. The summed E-state index contributed by atoms with van der Waals surface area (Å²) in [4.78, 5) is 29.9. The van der Waals surface area contributed by atoms with E-state index < -0.39 is 0 Å². The predicted molar refractivity (Wildman–Crippen MR) is 144 cm³/mol. The van der Waals surface area contributed by atoms with Gasteiger partial charge in [0.15, 0.2) is 0 Å². The number of aromatic nitrogens is 2. The number of hydrogen-bond acceptors (Lipinski definition) is 6. The Morgan fingerprint density at radius 1 is 1.03 bits per heavy atom. The number of carbonyl (C=O) groups excluding carboxylic acids is 1. The highest BCUT2D eigenvalue weighted by molar-refractivity contribution is 5.79. The molecule has 3 aliphatic rings. The number of nitrogens with one attached hydrogen (secondary N) is 1. The van der Waals surface area contributed by atoms with Gasteiger partial charge in [-0.25, -0.2) is 4.98 Å². The fraction of sp³-hybridized carbons (Fsp3) is 0.821. The van der Waals surface area contributed by atoms with Gasteiger partial charge < -0.3 is 15.1 Å². The minimum absolute atomic E-state index is 0.207. The van der Waals surface area contributed by atoms with Crippen molar-refractivity contribution >= 4 is 17.7 Å². The SMILES string of the molecule is CCCCC(CC)C(=O)N1CCCC(N2CCCC(Nc3nccc(N4CCCCCC4)n3)C2)C1. The lowest BCUT2D eigenvalue weighted by molar-refractivity contribution is -0.138. The second kappa shape index (κ2) is 13.4. The van der Waals surface area contributed by atoms with Crippen molar-refractivity contribution in [2.45, 2.75) is 103 Å². The van der Waals surface area contributed by atoms with Gasteiger partial charge in [-0.1, -0.05) is 39.5 Å². The van der Waals surface area contributed by atoms with Crippen LogP contribution in [0.4, 0.5) is 11.8 Å². The molecule has 0 saturated carbocycles. The van der Waals surface area contributed by atoms with Crippen molar-refractivity contribution in [2.24, 2.45) is 5.92 Å². The average Bonchev–Trinajstić information content (AvgIpc) is 3.19.